The van der Waals surface area contributed by atoms with E-state index in [0.717, 1.165) is 5.75 Å². The first kappa shape index (κ1) is 14.1. The number of esters is 1. The minimum Gasteiger partial charge on any atom is -0.494 e. The maximum absolute atomic E-state index is 11.1. The first-order valence-corrected chi connectivity index (χ1v) is 5.78. The highest BCUT2D eigenvalue weighted by Gasteiger charge is 2.02. The van der Waals surface area contributed by atoms with Crippen molar-refractivity contribution in [1.29, 1.82) is 0 Å². The number of carbonyl (C=O) groups excluding carboxylic acids is 1. The molecule has 0 unspecified atom stereocenters. The Morgan fingerprint density at radius 2 is 1.94 bits per heavy atom. The summed E-state index contributed by atoms with van der Waals surface area (Å²) >= 11 is 0. The van der Waals surface area contributed by atoms with Crippen LogP contribution < -0.4 is 9.47 Å². The first-order chi connectivity index (χ1) is 8.67. The molecule has 18 heavy (non-hydrogen) atoms. The van der Waals surface area contributed by atoms with E-state index in [2.05, 4.69) is 4.74 Å². The fourth-order valence-corrected chi connectivity index (χ4v) is 1.33. The third-order valence-electron chi connectivity index (χ3n) is 2.26. The molecule has 0 atom stereocenters. The van der Waals surface area contributed by atoms with Gasteiger partial charge in [-0.25, -0.2) is 4.79 Å². The van der Waals surface area contributed by atoms with Crippen LogP contribution in [0, 0.1) is 0 Å². The first-order valence-electron chi connectivity index (χ1n) is 5.78. The topological polar surface area (TPSA) is 44.8 Å². The van der Waals surface area contributed by atoms with Crippen molar-refractivity contribution in [3.8, 4) is 11.5 Å². The van der Waals surface area contributed by atoms with Crippen molar-refractivity contribution in [2.24, 2.45) is 0 Å². The van der Waals surface area contributed by atoms with Crippen LogP contribution in [-0.4, -0.2) is 26.3 Å². The van der Waals surface area contributed by atoms with E-state index in [1.165, 1.54) is 7.11 Å². The van der Waals surface area contributed by atoms with Gasteiger partial charge in [-0.05, 0) is 32.1 Å². The van der Waals surface area contributed by atoms with E-state index in [-0.39, 0.29) is 5.97 Å². The molecule has 0 N–H and O–H groups in total. The molecule has 0 aliphatic carbocycles. The van der Waals surface area contributed by atoms with Crippen LogP contribution in [0.5, 0.6) is 11.5 Å². The van der Waals surface area contributed by atoms with E-state index in [9.17, 15) is 4.79 Å². The molecule has 0 bridgehead atoms. The van der Waals surface area contributed by atoms with Crippen molar-refractivity contribution < 1.29 is 19.0 Å². The van der Waals surface area contributed by atoms with Gasteiger partial charge in [-0.2, -0.15) is 0 Å². The van der Waals surface area contributed by atoms with Crippen LogP contribution in [0.4, 0.5) is 0 Å². The summed E-state index contributed by atoms with van der Waals surface area (Å²) in [5.74, 6) is 1.13. The number of rotatable bonds is 6. The van der Waals surface area contributed by atoms with Gasteiger partial charge in [0.2, 0.25) is 0 Å². The number of ether oxygens (including phenoxy) is 3. The largest absolute Gasteiger partial charge is 0.494 e. The zero-order valence-corrected chi connectivity index (χ0v) is 10.9. The van der Waals surface area contributed by atoms with Gasteiger partial charge in [0.1, 0.15) is 18.1 Å². The number of methoxy groups -OCH3 is 1. The Morgan fingerprint density at radius 1 is 1.28 bits per heavy atom. The summed E-state index contributed by atoms with van der Waals surface area (Å²) in [6, 6.07) is 7.37. The number of carbonyl (C=O) groups is 1. The Labute approximate surface area is 107 Å². The molecule has 0 amide bonds. The van der Waals surface area contributed by atoms with E-state index >= 15 is 0 Å². The van der Waals surface area contributed by atoms with E-state index in [1.54, 1.807) is 13.0 Å². The summed E-state index contributed by atoms with van der Waals surface area (Å²) in [4.78, 5) is 11.1. The Morgan fingerprint density at radius 3 is 2.56 bits per heavy atom. The summed E-state index contributed by atoms with van der Waals surface area (Å²) in [6.07, 6.45) is 1.68. The Balaban J connectivity index is 2.53. The summed E-state index contributed by atoms with van der Waals surface area (Å²) < 4.78 is 15.4. The molecule has 0 heterocycles. The fourth-order valence-electron chi connectivity index (χ4n) is 1.33. The molecule has 0 spiro atoms. The molecule has 1 aromatic carbocycles. The molecule has 0 aliphatic heterocycles. The number of hydrogen-bond donors (Lipinski definition) is 0. The maximum atomic E-state index is 11.1. The molecule has 0 fully saturated rings. The highest BCUT2D eigenvalue weighted by molar-refractivity contribution is 5.87. The van der Waals surface area contributed by atoms with Gasteiger partial charge in [0, 0.05) is 11.6 Å². The zero-order valence-electron chi connectivity index (χ0n) is 10.9. The lowest BCUT2D eigenvalue weighted by Crippen LogP contribution is -2.04. The molecule has 4 heteroatoms. The van der Waals surface area contributed by atoms with Crippen molar-refractivity contribution in [3.05, 3.63) is 35.9 Å². The predicted octanol–water partition coefficient (Wildman–Crippen LogP) is 2.58. The second-order valence-corrected chi connectivity index (χ2v) is 3.60. The van der Waals surface area contributed by atoms with Gasteiger partial charge in [0.15, 0.2) is 0 Å². The van der Waals surface area contributed by atoms with Crippen molar-refractivity contribution in [3.63, 3.8) is 0 Å². The highest BCUT2D eigenvalue weighted by Crippen LogP contribution is 2.19. The highest BCUT2D eigenvalue weighted by atomic mass is 16.5. The van der Waals surface area contributed by atoms with E-state index < -0.39 is 0 Å². The van der Waals surface area contributed by atoms with Crippen molar-refractivity contribution in [2.75, 3.05) is 20.3 Å². The normalized spacial score (nSPS) is 10.9. The van der Waals surface area contributed by atoms with Crippen LogP contribution >= 0.6 is 0 Å². The minimum absolute atomic E-state index is 0.316. The van der Waals surface area contributed by atoms with Gasteiger partial charge in [0.05, 0.1) is 13.7 Å². The molecule has 0 aliphatic rings. The van der Waals surface area contributed by atoms with Crippen LogP contribution in [-0.2, 0) is 9.53 Å². The molecule has 0 aromatic heterocycles. The second kappa shape index (κ2) is 7.37. The maximum Gasteiger partial charge on any atom is 0.333 e. The van der Waals surface area contributed by atoms with Gasteiger partial charge < -0.3 is 14.2 Å². The Hall–Kier alpha value is -1.97. The molecule has 1 aromatic rings. The number of benzene rings is 1. The Kier molecular flexibility index (Phi) is 5.77. The van der Waals surface area contributed by atoms with Gasteiger partial charge in [-0.3, -0.25) is 0 Å². The molecule has 0 radical (unpaired) electrons. The van der Waals surface area contributed by atoms with E-state index in [4.69, 9.17) is 9.47 Å². The SMILES string of the molecule is CCOc1cccc(OCC=C(C)C(=O)OC)c1. The van der Waals surface area contributed by atoms with Gasteiger partial charge in [0.25, 0.3) is 0 Å². The molecule has 4 nitrogen and oxygen atoms in total. The summed E-state index contributed by atoms with van der Waals surface area (Å²) in [5, 5.41) is 0. The van der Waals surface area contributed by atoms with Crippen molar-refractivity contribution in [2.45, 2.75) is 13.8 Å². The van der Waals surface area contributed by atoms with Crippen LogP contribution in [0.3, 0.4) is 0 Å². The van der Waals surface area contributed by atoms with E-state index in [1.807, 2.05) is 31.2 Å². The van der Waals surface area contributed by atoms with Gasteiger partial charge >= 0.3 is 5.97 Å². The summed E-state index contributed by atoms with van der Waals surface area (Å²) in [6.45, 7) is 4.54. The smallest absolute Gasteiger partial charge is 0.333 e. The lowest BCUT2D eigenvalue weighted by Gasteiger charge is -2.07. The number of hydrogen-bond acceptors (Lipinski definition) is 4. The van der Waals surface area contributed by atoms with Crippen LogP contribution in [0.25, 0.3) is 0 Å². The zero-order chi connectivity index (χ0) is 13.4. The molecular formula is C14H18O4. The van der Waals surface area contributed by atoms with Crippen molar-refractivity contribution >= 4 is 5.97 Å². The lowest BCUT2D eigenvalue weighted by atomic mass is 10.3. The summed E-state index contributed by atoms with van der Waals surface area (Å²) in [7, 11) is 1.35. The van der Waals surface area contributed by atoms with Crippen LogP contribution in [0.1, 0.15) is 13.8 Å². The molecular weight excluding hydrogens is 232 g/mol. The van der Waals surface area contributed by atoms with Crippen LogP contribution in [0.2, 0.25) is 0 Å². The monoisotopic (exact) mass is 250 g/mol. The van der Waals surface area contributed by atoms with Gasteiger partial charge in [-0.15, -0.1) is 0 Å². The second-order valence-electron chi connectivity index (χ2n) is 3.60. The fraction of sp³-hybridized carbons (Fsp3) is 0.357. The van der Waals surface area contributed by atoms with Crippen LogP contribution in [0.15, 0.2) is 35.9 Å². The van der Waals surface area contributed by atoms with E-state index in [0.29, 0.717) is 24.5 Å². The predicted molar refractivity (Wildman–Crippen MR) is 68.9 cm³/mol. The van der Waals surface area contributed by atoms with Crippen molar-refractivity contribution in [1.82, 2.24) is 0 Å². The van der Waals surface area contributed by atoms with Gasteiger partial charge in [-0.1, -0.05) is 6.07 Å². The third kappa shape index (κ3) is 4.49. The molecule has 0 saturated carbocycles. The molecule has 1 rings (SSSR count). The molecule has 0 saturated heterocycles. The summed E-state index contributed by atoms with van der Waals surface area (Å²) in [5.41, 5.74) is 0.526. The standard InChI is InChI=1S/C14H18O4/c1-4-17-12-6-5-7-13(10-12)18-9-8-11(2)14(15)16-3/h5-8,10H,4,9H2,1-3H3. The average Bonchev–Trinajstić information content (AvgIpc) is 2.38. The third-order valence-corrected chi connectivity index (χ3v) is 2.26. The quantitative estimate of drug-likeness (QED) is 0.575. The lowest BCUT2D eigenvalue weighted by molar-refractivity contribution is -0.136. The average molecular weight is 250 g/mol. The molecule has 98 valence electrons. The minimum atomic E-state index is -0.346. The Bertz CT molecular complexity index is 424.